The molecule has 0 aromatic rings. The summed E-state index contributed by atoms with van der Waals surface area (Å²) in [6.07, 6.45) is 4.71. The fraction of sp³-hybridized carbons (Fsp3) is 0.333. The molecule has 0 aliphatic heterocycles. The van der Waals surface area contributed by atoms with Gasteiger partial charge in [-0.15, -0.1) is 6.42 Å². The van der Waals surface area contributed by atoms with Crippen LogP contribution in [-0.2, 0) is 0 Å². The maximum absolute atomic E-state index is 12.4. The summed E-state index contributed by atoms with van der Waals surface area (Å²) >= 11 is 0. The summed E-state index contributed by atoms with van der Waals surface area (Å²) in [4.78, 5) is 0. The van der Waals surface area contributed by atoms with E-state index in [0.29, 0.717) is 12.0 Å². The van der Waals surface area contributed by atoms with Crippen LogP contribution >= 0.6 is 0 Å². The average molecular weight is 216 g/mol. The molecular formula is C12H15F3. The van der Waals surface area contributed by atoms with Crippen molar-refractivity contribution in [2.75, 3.05) is 0 Å². The van der Waals surface area contributed by atoms with E-state index in [1.165, 1.54) is 0 Å². The summed E-state index contributed by atoms with van der Waals surface area (Å²) in [5, 5.41) is 0. The Labute approximate surface area is 89.7 Å². The lowest BCUT2D eigenvalue weighted by Crippen LogP contribution is -2.10. The first-order valence-electron chi connectivity index (χ1n) is 4.51. The fourth-order valence-corrected chi connectivity index (χ4v) is 0.976. The average Bonchev–Trinajstić information content (AvgIpc) is 2.10. The molecular weight excluding hydrogens is 201 g/mol. The quantitative estimate of drug-likeness (QED) is 0.486. The molecule has 0 atom stereocenters. The van der Waals surface area contributed by atoms with Crippen LogP contribution in [0.5, 0.6) is 0 Å². The van der Waals surface area contributed by atoms with Crippen LogP contribution in [0, 0.1) is 12.3 Å². The van der Waals surface area contributed by atoms with Gasteiger partial charge in [0.2, 0.25) is 0 Å². The maximum Gasteiger partial charge on any atom is 0.416 e. The van der Waals surface area contributed by atoms with Crippen LogP contribution < -0.4 is 0 Å². The Bertz CT molecular complexity index is 316. The Kier molecular flexibility index (Phi) is 5.54. The van der Waals surface area contributed by atoms with Gasteiger partial charge in [0.1, 0.15) is 0 Å². The maximum atomic E-state index is 12.4. The van der Waals surface area contributed by atoms with Gasteiger partial charge in [-0.2, -0.15) is 13.2 Å². The van der Waals surface area contributed by atoms with Gasteiger partial charge in [-0.1, -0.05) is 31.4 Å². The fourth-order valence-electron chi connectivity index (χ4n) is 0.976. The van der Waals surface area contributed by atoms with Gasteiger partial charge < -0.3 is 0 Å². The lowest BCUT2D eigenvalue weighted by Gasteiger charge is -2.08. The van der Waals surface area contributed by atoms with Crippen LogP contribution in [-0.4, -0.2) is 6.18 Å². The lowest BCUT2D eigenvalue weighted by molar-refractivity contribution is -0.0882. The van der Waals surface area contributed by atoms with E-state index >= 15 is 0 Å². The predicted octanol–water partition coefficient (Wildman–Crippen LogP) is 4.27. The van der Waals surface area contributed by atoms with Crippen molar-refractivity contribution in [2.45, 2.75) is 25.9 Å². The Morgan fingerprint density at radius 2 is 2.13 bits per heavy atom. The van der Waals surface area contributed by atoms with Gasteiger partial charge in [0.05, 0.1) is 5.57 Å². The summed E-state index contributed by atoms with van der Waals surface area (Å²) in [5.74, 6) is 2.02. The second-order valence-corrected chi connectivity index (χ2v) is 3.01. The van der Waals surface area contributed by atoms with E-state index < -0.39 is 11.7 Å². The van der Waals surface area contributed by atoms with E-state index in [0.717, 1.165) is 24.6 Å². The van der Waals surface area contributed by atoms with E-state index in [-0.39, 0.29) is 1.43 Å². The van der Waals surface area contributed by atoms with Gasteiger partial charge in [0, 0.05) is 1.43 Å². The van der Waals surface area contributed by atoms with Crippen LogP contribution in [0.1, 0.15) is 21.2 Å². The number of terminal acetylenes is 1. The topological polar surface area (TPSA) is 0 Å². The van der Waals surface area contributed by atoms with Crippen LogP contribution in [0.4, 0.5) is 13.2 Å². The Hall–Kier alpha value is -1.43. The number of hydrogen-bond acceptors (Lipinski definition) is 0. The molecule has 0 heterocycles. The standard InChI is InChI=1S/C12H13F3.H2/c1-4-6-8-11(12(13,14)15)9-10(3)7-5-2;/h1,6,8-9H,3,5,7H2,2H3;1H/b8-6-,11-9+;. The molecule has 3 heteroatoms. The van der Waals surface area contributed by atoms with E-state index in [2.05, 4.69) is 6.58 Å². The minimum Gasteiger partial charge on any atom is -0.166 e. The van der Waals surface area contributed by atoms with Crippen molar-refractivity contribution in [3.63, 3.8) is 0 Å². The van der Waals surface area contributed by atoms with Gasteiger partial charge in [0.15, 0.2) is 0 Å². The largest absolute Gasteiger partial charge is 0.416 e. The molecule has 0 saturated carbocycles. The number of alkyl halides is 3. The number of rotatable bonds is 4. The normalized spacial score (nSPS) is 12.9. The minimum absolute atomic E-state index is 0. The third-order valence-electron chi connectivity index (χ3n) is 1.62. The molecule has 0 spiro atoms. The van der Waals surface area contributed by atoms with E-state index in [1.807, 2.05) is 12.8 Å². The second kappa shape index (κ2) is 6.13. The molecule has 0 aromatic carbocycles. The van der Waals surface area contributed by atoms with Crippen molar-refractivity contribution in [1.82, 2.24) is 0 Å². The first-order chi connectivity index (χ1) is 6.91. The zero-order chi connectivity index (χ0) is 11.9. The van der Waals surface area contributed by atoms with Crippen molar-refractivity contribution in [3.8, 4) is 12.3 Å². The molecule has 0 amide bonds. The molecule has 84 valence electrons. The Morgan fingerprint density at radius 1 is 1.53 bits per heavy atom. The highest BCUT2D eigenvalue weighted by Crippen LogP contribution is 2.28. The van der Waals surface area contributed by atoms with Gasteiger partial charge in [0.25, 0.3) is 0 Å². The van der Waals surface area contributed by atoms with E-state index in [4.69, 9.17) is 6.42 Å². The highest BCUT2D eigenvalue weighted by molar-refractivity contribution is 5.34. The number of allylic oxidation sites excluding steroid dienone is 5. The molecule has 0 bridgehead atoms. The highest BCUT2D eigenvalue weighted by atomic mass is 19.4. The molecule has 0 fully saturated rings. The smallest absolute Gasteiger partial charge is 0.166 e. The summed E-state index contributed by atoms with van der Waals surface area (Å²) in [6, 6.07) is 0. The molecule has 0 N–H and O–H groups in total. The van der Waals surface area contributed by atoms with Gasteiger partial charge >= 0.3 is 6.18 Å². The van der Waals surface area contributed by atoms with Crippen LogP contribution in [0.15, 0.2) is 36.0 Å². The van der Waals surface area contributed by atoms with Crippen molar-refractivity contribution in [3.05, 3.63) is 36.0 Å². The van der Waals surface area contributed by atoms with E-state index in [9.17, 15) is 13.2 Å². The Balaban J connectivity index is 0. The SMILES string of the molecule is C#C/C=C\C(=C/C(=C)CCC)C(F)(F)F.[HH]. The minimum atomic E-state index is -4.38. The zero-order valence-corrected chi connectivity index (χ0v) is 8.56. The van der Waals surface area contributed by atoms with Gasteiger partial charge in [-0.05, 0) is 24.6 Å². The van der Waals surface area contributed by atoms with Crippen LogP contribution in [0.25, 0.3) is 0 Å². The molecule has 0 saturated heterocycles. The highest BCUT2D eigenvalue weighted by Gasteiger charge is 2.31. The first kappa shape index (κ1) is 13.6. The predicted molar refractivity (Wildman–Crippen MR) is 58.3 cm³/mol. The summed E-state index contributed by atoms with van der Waals surface area (Å²) in [6.45, 7) is 5.42. The van der Waals surface area contributed by atoms with E-state index in [1.54, 1.807) is 0 Å². The van der Waals surface area contributed by atoms with Gasteiger partial charge in [-0.3, -0.25) is 0 Å². The molecule has 0 aromatic heterocycles. The summed E-state index contributed by atoms with van der Waals surface area (Å²) < 4.78 is 37.2. The number of halogens is 3. The van der Waals surface area contributed by atoms with Crippen molar-refractivity contribution in [1.29, 1.82) is 0 Å². The van der Waals surface area contributed by atoms with Crippen molar-refractivity contribution >= 4 is 0 Å². The molecule has 0 aliphatic rings. The monoisotopic (exact) mass is 216 g/mol. The summed E-state index contributed by atoms with van der Waals surface area (Å²) in [7, 11) is 0. The van der Waals surface area contributed by atoms with Crippen LogP contribution in [0.3, 0.4) is 0 Å². The van der Waals surface area contributed by atoms with Crippen LogP contribution in [0.2, 0.25) is 0 Å². The molecule has 0 unspecified atom stereocenters. The lowest BCUT2D eigenvalue weighted by atomic mass is 10.1. The van der Waals surface area contributed by atoms with Crippen molar-refractivity contribution in [2.24, 2.45) is 0 Å². The second-order valence-electron chi connectivity index (χ2n) is 3.01. The zero-order valence-electron chi connectivity index (χ0n) is 8.56. The first-order valence-corrected chi connectivity index (χ1v) is 4.51. The molecule has 15 heavy (non-hydrogen) atoms. The molecule has 0 aliphatic carbocycles. The van der Waals surface area contributed by atoms with Crippen molar-refractivity contribution < 1.29 is 14.6 Å². The molecule has 0 nitrogen and oxygen atoms in total. The summed E-state index contributed by atoms with van der Waals surface area (Å²) in [5.41, 5.74) is -0.314. The van der Waals surface area contributed by atoms with Gasteiger partial charge in [-0.25, -0.2) is 0 Å². The third-order valence-corrected chi connectivity index (χ3v) is 1.62. The number of hydrogen-bond donors (Lipinski definition) is 0. The Morgan fingerprint density at radius 3 is 2.53 bits per heavy atom. The molecule has 0 radical (unpaired) electrons. The third kappa shape index (κ3) is 5.79. The molecule has 0 rings (SSSR count).